The third-order valence-electron chi connectivity index (χ3n) is 3.33. The Morgan fingerprint density at radius 3 is 2.90 bits per heavy atom. The Labute approximate surface area is 116 Å². The van der Waals surface area contributed by atoms with E-state index in [0.29, 0.717) is 31.7 Å². The number of halogens is 2. The van der Waals surface area contributed by atoms with Crippen LogP contribution in [0.5, 0.6) is 0 Å². The second-order valence-corrected chi connectivity index (χ2v) is 4.83. The topological polar surface area (TPSA) is 49.8 Å². The minimum atomic E-state index is -0.880. The number of carbonyl (C=O) groups is 1. The molecule has 4 nitrogen and oxygen atoms in total. The Morgan fingerprint density at radius 1 is 1.40 bits per heavy atom. The normalized spacial score (nSPS) is 20.0. The molecule has 6 heteroatoms. The van der Waals surface area contributed by atoms with Crippen LogP contribution in [-0.4, -0.2) is 42.2 Å². The number of benzene rings is 1. The van der Waals surface area contributed by atoms with Gasteiger partial charge in [0, 0.05) is 19.5 Å². The van der Waals surface area contributed by atoms with Crippen molar-refractivity contribution in [2.75, 3.05) is 26.2 Å². The Hall–Kier alpha value is -1.53. The molecule has 0 saturated carbocycles. The maximum Gasteiger partial charge on any atom is 0.303 e. The van der Waals surface area contributed by atoms with Gasteiger partial charge < -0.3 is 9.84 Å². The summed E-state index contributed by atoms with van der Waals surface area (Å²) in [7, 11) is 0. The van der Waals surface area contributed by atoms with Crippen molar-refractivity contribution >= 4 is 5.97 Å². The maximum absolute atomic E-state index is 13.2. The van der Waals surface area contributed by atoms with Gasteiger partial charge in [0.2, 0.25) is 0 Å². The maximum atomic E-state index is 13.2. The summed E-state index contributed by atoms with van der Waals surface area (Å²) in [5.41, 5.74) is 0.604. The average molecular weight is 285 g/mol. The van der Waals surface area contributed by atoms with Crippen LogP contribution < -0.4 is 0 Å². The number of hydrogen-bond acceptors (Lipinski definition) is 3. The van der Waals surface area contributed by atoms with Gasteiger partial charge in [0.25, 0.3) is 0 Å². The van der Waals surface area contributed by atoms with Crippen molar-refractivity contribution < 1.29 is 23.4 Å². The Kier molecular flexibility index (Phi) is 5.03. The van der Waals surface area contributed by atoms with Gasteiger partial charge in [-0.25, -0.2) is 8.78 Å². The first-order chi connectivity index (χ1) is 9.56. The van der Waals surface area contributed by atoms with E-state index in [4.69, 9.17) is 9.84 Å². The van der Waals surface area contributed by atoms with Crippen LogP contribution in [0.4, 0.5) is 8.78 Å². The van der Waals surface area contributed by atoms with Gasteiger partial charge in [0.1, 0.15) is 0 Å². The highest BCUT2D eigenvalue weighted by molar-refractivity contribution is 5.66. The van der Waals surface area contributed by atoms with Crippen LogP contribution >= 0.6 is 0 Å². The monoisotopic (exact) mass is 285 g/mol. The molecule has 20 heavy (non-hydrogen) atoms. The molecule has 0 unspecified atom stereocenters. The fourth-order valence-electron chi connectivity index (χ4n) is 2.27. The first kappa shape index (κ1) is 14.9. The number of rotatable bonds is 5. The molecule has 0 aliphatic carbocycles. The predicted molar refractivity (Wildman–Crippen MR) is 68.4 cm³/mol. The molecule has 2 rings (SSSR count). The van der Waals surface area contributed by atoms with Crippen LogP contribution in [0.25, 0.3) is 0 Å². The largest absolute Gasteiger partial charge is 0.481 e. The van der Waals surface area contributed by atoms with E-state index in [2.05, 4.69) is 4.90 Å². The van der Waals surface area contributed by atoms with Crippen molar-refractivity contribution in [2.24, 2.45) is 0 Å². The van der Waals surface area contributed by atoms with Crippen LogP contribution in [0, 0.1) is 11.6 Å². The number of hydrogen-bond donors (Lipinski definition) is 1. The van der Waals surface area contributed by atoms with E-state index < -0.39 is 17.6 Å². The van der Waals surface area contributed by atoms with E-state index in [1.165, 1.54) is 6.07 Å². The van der Waals surface area contributed by atoms with Crippen LogP contribution in [0.15, 0.2) is 18.2 Å². The van der Waals surface area contributed by atoms with Crippen molar-refractivity contribution in [2.45, 2.75) is 18.9 Å². The van der Waals surface area contributed by atoms with Crippen molar-refractivity contribution in [3.05, 3.63) is 35.4 Å². The number of ether oxygens (including phenoxy) is 1. The lowest BCUT2D eigenvalue weighted by Crippen LogP contribution is -2.39. The van der Waals surface area contributed by atoms with Crippen molar-refractivity contribution in [1.29, 1.82) is 0 Å². The Balaban J connectivity index is 1.92. The third kappa shape index (κ3) is 3.98. The molecular formula is C14H17F2NO3. The van der Waals surface area contributed by atoms with E-state index in [1.54, 1.807) is 0 Å². The third-order valence-corrected chi connectivity index (χ3v) is 3.33. The van der Waals surface area contributed by atoms with Crippen LogP contribution in [0.3, 0.4) is 0 Å². The quantitative estimate of drug-likeness (QED) is 0.901. The second kappa shape index (κ2) is 6.76. The first-order valence-corrected chi connectivity index (χ1v) is 6.57. The van der Waals surface area contributed by atoms with E-state index >= 15 is 0 Å². The summed E-state index contributed by atoms with van der Waals surface area (Å²) >= 11 is 0. The smallest absolute Gasteiger partial charge is 0.303 e. The summed E-state index contributed by atoms with van der Waals surface area (Å²) in [5, 5.41) is 8.61. The van der Waals surface area contributed by atoms with Crippen molar-refractivity contribution in [3.63, 3.8) is 0 Å². The zero-order valence-corrected chi connectivity index (χ0v) is 11.0. The molecule has 0 spiro atoms. The molecule has 1 N–H and O–H groups in total. The molecule has 0 radical (unpaired) electrons. The number of nitrogens with zero attached hydrogens (tertiary/aromatic N) is 1. The molecule has 1 saturated heterocycles. The fourth-order valence-corrected chi connectivity index (χ4v) is 2.27. The van der Waals surface area contributed by atoms with Crippen LogP contribution in [0.1, 0.15) is 24.5 Å². The molecule has 0 amide bonds. The summed E-state index contributed by atoms with van der Waals surface area (Å²) < 4.78 is 31.7. The average Bonchev–Trinajstić information content (AvgIpc) is 2.42. The zero-order valence-electron chi connectivity index (χ0n) is 11.0. The lowest BCUT2D eigenvalue weighted by molar-refractivity contribution is -0.137. The molecule has 0 aromatic heterocycles. The first-order valence-electron chi connectivity index (χ1n) is 6.57. The van der Waals surface area contributed by atoms with Crippen LogP contribution in [0.2, 0.25) is 0 Å². The molecule has 1 aromatic rings. The van der Waals surface area contributed by atoms with Gasteiger partial charge in [0.15, 0.2) is 11.6 Å². The minimum Gasteiger partial charge on any atom is -0.481 e. The highest BCUT2D eigenvalue weighted by Crippen LogP contribution is 2.23. The summed E-state index contributed by atoms with van der Waals surface area (Å²) in [6.45, 7) is 2.44. The van der Waals surface area contributed by atoms with Gasteiger partial charge in [-0.3, -0.25) is 9.69 Å². The molecule has 1 aliphatic rings. The second-order valence-electron chi connectivity index (χ2n) is 4.83. The predicted octanol–water partition coefficient (Wildman–Crippen LogP) is 2.20. The fraction of sp³-hybridized carbons (Fsp3) is 0.500. The van der Waals surface area contributed by atoms with Gasteiger partial charge in [-0.05, 0) is 30.7 Å². The lowest BCUT2D eigenvalue weighted by Gasteiger charge is -2.33. The molecule has 110 valence electrons. The number of aliphatic carboxylic acids is 1. The number of morpholine rings is 1. The van der Waals surface area contributed by atoms with Gasteiger partial charge >= 0.3 is 5.97 Å². The Bertz CT molecular complexity index is 481. The number of carboxylic acids is 1. The Morgan fingerprint density at radius 2 is 2.20 bits per heavy atom. The highest BCUT2D eigenvalue weighted by Gasteiger charge is 2.22. The summed E-state index contributed by atoms with van der Waals surface area (Å²) in [6.07, 6.45) is 0.399. The summed E-state index contributed by atoms with van der Waals surface area (Å²) in [4.78, 5) is 12.6. The van der Waals surface area contributed by atoms with E-state index in [9.17, 15) is 13.6 Å². The van der Waals surface area contributed by atoms with Gasteiger partial charge in [-0.2, -0.15) is 0 Å². The molecule has 1 atom stereocenters. The minimum absolute atomic E-state index is 0.132. The molecule has 1 aliphatic heterocycles. The summed E-state index contributed by atoms with van der Waals surface area (Å²) in [5.74, 6) is -2.56. The van der Waals surface area contributed by atoms with Gasteiger partial charge in [0.05, 0.1) is 12.7 Å². The van der Waals surface area contributed by atoms with E-state index in [1.807, 2.05) is 0 Å². The summed E-state index contributed by atoms with van der Waals surface area (Å²) in [6, 6.07) is 3.77. The standard InChI is InChI=1S/C14H17F2NO3/c15-11-4-3-10(8-12(11)16)13-9-17(6-7-20-13)5-1-2-14(18)19/h3-4,8,13H,1-2,5-7,9H2,(H,18,19)/t13-/m0/s1. The van der Waals surface area contributed by atoms with Crippen LogP contribution in [-0.2, 0) is 9.53 Å². The molecule has 0 bridgehead atoms. The molecule has 1 aromatic carbocycles. The van der Waals surface area contributed by atoms with E-state index in [-0.39, 0.29) is 12.5 Å². The molecule has 1 fully saturated rings. The van der Waals surface area contributed by atoms with Gasteiger partial charge in [-0.1, -0.05) is 6.07 Å². The van der Waals surface area contributed by atoms with E-state index in [0.717, 1.165) is 18.7 Å². The van der Waals surface area contributed by atoms with Crippen molar-refractivity contribution in [3.8, 4) is 0 Å². The molecule has 1 heterocycles. The highest BCUT2D eigenvalue weighted by atomic mass is 19.2. The SMILES string of the molecule is O=C(O)CCCN1CCO[C@H](c2ccc(F)c(F)c2)C1. The zero-order chi connectivity index (χ0) is 14.5. The van der Waals surface area contributed by atoms with Crippen molar-refractivity contribution in [1.82, 2.24) is 4.90 Å². The number of carboxylic acid groups (broad SMARTS) is 1. The van der Waals surface area contributed by atoms with Gasteiger partial charge in [-0.15, -0.1) is 0 Å². The molecular weight excluding hydrogens is 268 g/mol. The lowest BCUT2D eigenvalue weighted by atomic mass is 10.1.